The fourth-order valence-corrected chi connectivity index (χ4v) is 4.19. The van der Waals surface area contributed by atoms with E-state index in [9.17, 15) is 4.79 Å². The van der Waals surface area contributed by atoms with E-state index < -0.39 is 0 Å². The topological polar surface area (TPSA) is 47.4 Å². The lowest BCUT2D eigenvalue weighted by Gasteiger charge is -2.22. The third-order valence-electron chi connectivity index (χ3n) is 5.74. The van der Waals surface area contributed by atoms with Gasteiger partial charge in [-0.3, -0.25) is 4.79 Å². The molecule has 1 atom stereocenters. The first-order valence-electron chi connectivity index (χ1n) is 10.7. The van der Waals surface area contributed by atoms with Crippen LogP contribution in [-0.4, -0.2) is 33.4 Å². The van der Waals surface area contributed by atoms with Crippen LogP contribution in [0.4, 0.5) is 0 Å². The van der Waals surface area contributed by atoms with Gasteiger partial charge in [-0.1, -0.05) is 36.6 Å². The molecule has 0 saturated carbocycles. The normalized spacial score (nSPS) is 15.8. The van der Waals surface area contributed by atoms with Crippen LogP contribution in [0.25, 0.3) is 11.0 Å². The van der Waals surface area contributed by atoms with Crippen molar-refractivity contribution in [2.75, 3.05) is 13.1 Å². The van der Waals surface area contributed by atoms with Crippen LogP contribution in [0, 0.1) is 6.92 Å². The van der Waals surface area contributed by atoms with Gasteiger partial charge in [0.05, 0.1) is 11.0 Å². The molecule has 30 heavy (non-hydrogen) atoms. The third-order valence-corrected chi connectivity index (χ3v) is 6.17. The molecule has 1 fully saturated rings. The minimum absolute atomic E-state index is 0.149. The number of imidazole rings is 1. The highest BCUT2D eigenvalue weighted by Crippen LogP contribution is 2.28. The summed E-state index contributed by atoms with van der Waals surface area (Å²) < 4.78 is 8.20. The maximum atomic E-state index is 13.1. The summed E-state index contributed by atoms with van der Waals surface area (Å²) in [4.78, 5) is 19.9. The van der Waals surface area contributed by atoms with Gasteiger partial charge in [-0.15, -0.1) is 0 Å². The van der Waals surface area contributed by atoms with Crippen LogP contribution >= 0.6 is 11.6 Å². The van der Waals surface area contributed by atoms with Crippen LogP contribution in [0.15, 0.2) is 42.5 Å². The maximum absolute atomic E-state index is 13.1. The van der Waals surface area contributed by atoms with Crippen LogP contribution in [0.1, 0.15) is 50.1 Å². The molecule has 0 radical (unpaired) electrons. The largest absolute Gasteiger partial charge is 0.483 e. The van der Waals surface area contributed by atoms with E-state index in [0.29, 0.717) is 5.02 Å². The number of hydrogen-bond acceptors (Lipinski definition) is 3. The van der Waals surface area contributed by atoms with E-state index in [1.807, 2.05) is 65.8 Å². The van der Waals surface area contributed by atoms with Gasteiger partial charge in [0.25, 0.3) is 0 Å². The molecule has 5 nitrogen and oxygen atoms in total. The molecule has 6 heteroatoms. The van der Waals surface area contributed by atoms with Crippen molar-refractivity contribution in [2.24, 2.45) is 0 Å². The molecule has 2 aromatic carbocycles. The second-order valence-electron chi connectivity index (χ2n) is 8.01. The molecule has 158 valence electrons. The van der Waals surface area contributed by atoms with Crippen molar-refractivity contribution in [1.82, 2.24) is 14.5 Å². The smallest absolute Gasteiger partial charge is 0.242 e. The molecule has 2 heterocycles. The van der Waals surface area contributed by atoms with E-state index in [2.05, 4.69) is 0 Å². The highest BCUT2D eigenvalue weighted by molar-refractivity contribution is 6.31. The Bertz CT molecular complexity index is 1040. The lowest BCUT2D eigenvalue weighted by molar-refractivity contribution is -0.131. The van der Waals surface area contributed by atoms with Crippen molar-refractivity contribution < 1.29 is 9.53 Å². The fraction of sp³-hybridized carbons (Fsp3) is 0.417. The second kappa shape index (κ2) is 9.09. The van der Waals surface area contributed by atoms with Gasteiger partial charge in [0.15, 0.2) is 11.9 Å². The Morgan fingerprint density at radius 3 is 2.60 bits per heavy atom. The van der Waals surface area contributed by atoms with E-state index in [1.165, 1.54) is 12.8 Å². The SMILES string of the molecule is Cc1cc(OC(C)c2nc3ccccc3n2CC(=O)N2CCCCCC2)ccc1Cl. The van der Waals surface area contributed by atoms with Gasteiger partial charge in [0.2, 0.25) is 5.91 Å². The number of halogens is 1. The zero-order valence-electron chi connectivity index (χ0n) is 17.6. The van der Waals surface area contributed by atoms with Gasteiger partial charge in [-0.05, 0) is 62.6 Å². The maximum Gasteiger partial charge on any atom is 0.242 e. The van der Waals surface area contributed by atoms with Gasteiger partial charge in [-0.2, -0.15) is 0 Å². The van der Waals surface area contributed by atoms with Crippen LogP contribution in [-0.2, 0) is 11.3 Å². The van der Waals surface area contributed by atoms with Crippen LogP contribution in [0.5, 0.6) is 5.75 Å². The number of para-hydroxylation sites is 2. The molecule has 0 aliphatic carbocycles. The number of carbonyl (C=O) groups is 1. The van der Waals surface area contributed by atoms with Crippen molar-refractivity contribution in [3.05, 3.63) is 58.9 Å². The molecule has 0 bridgehead atoms. The number of benzene rings is 2. The average molecular weight is 426 g/mol. The number of fused-ring (bicyclic) bond motifs is 1. The summed E-state index contributed by atoms with van der Waals surface area (Å²) in [7, 11) is 0. The molecule has 1 aromatic heterocycles. The lowest BCUT2D eigenvalue weighted by atomic mass is 10.2. The molecule has 1 aliphatic heterocycles. The summed E-state index contributed by atoms with van der Waals surface area (Å²) in [6.45, 7) is 5.89. The van der Waals surface area contributed by atoms with Crippen molar-refractivity contribution >= 4 is 28.5 Å². The number of aryl methyl sites for hydroxylation is 1. The Labute approximate surface area is 182 Å². The number of ether oxygens (including phenoxy) is 1. The summed E-state index contributed by atoms with van der Waals surface area (Å²) in [6, 6.07) is 13.6. The summed E-state index contributed by atoms with van der Waals surface area (Å²) in [5.74, 6) is 1.64. The Morgan fingerprint density at radius 1 is 1.13 bits per heavy atom. The number of amides is 1. The number of likely N-dealkylation sites (tertiary alicyclic amines) is 1. The van der Waals surface area contributed by atoms with Gasteiger partial charge >= 0.3 is 0 Å². The van der Waals surface area contributed by atoms with E-state index >= 15 is 0 Å². The molecule has 0 spiro atoms. The summed E-state index contributed by atoms with van der Waals surface area (Å²) in [5.41, 5.74) is 2.79. The summed E-state index contributed by atoms with van der Waals surface area (Å²) in [5, 5.41) is 0.713. The van der Waals surface area contributed by atoms with Crippen LogP contribution < -0.4 is 4.74 Å². The first-order valence-corrected chi connectivity index (χ1v) is 11.1. The Balaban J connectivity index is 1.62. The zero-order chi connectivity index (χ0) is 21.1. The minimum Gasteiger partial charge on any atom is -0.483 e. The molecule has 1 amide bonds. The van der Waals surface area contributed by atoms with Crippen molar-refractivity contribution in [2.45, 2.75) is 52.2 Å². The molecular formula is C24H28ClN3O2. The average Bonchev–Trinajstić information content (AvgIpc) is 2.90. The first kappa shape index (κ1) is 20.7. The number of aromatic nitrogens is 2. The molecule has 1 saturated heterocycles. The molecule has 1 aliphatic rings. The molecule has 1 unspecified atom stereocenters. The Hall–Kier alpha value is -2.53. The second-order valence-corrected chi connectivity index (χ2v) is 8.42. The van der Waals surface area contributed by atoms with E-state index in [-0.39, 0.29) is 18.6 Å². The van der Waals surface area contributed by atoms with Gasteiger partial charge in [0, 0.05) is 18.1 Å². The molecule has 4 rings (SSSR count). The molecule has 0 N–H and O–H groups in total. The van der Waals surface area contributed by atoms with Crippen molar-refractivity contribution in [3.8, 4) is 5.75 Å². The molecular weight excluding hydrogens is 398 g/mol. The standard InChI is InChI=1S/C24H28ClN3O2/c1-17-15-19(11-12-20(17)25)30-18(2)24-26-21-9-5-6-10-22(21)28(24)16-23(29)27-13-7-3-4-8-14-27/h5-6,9-12,15,18H,3-4,7-8,13-14,16H2,1-2H3. The van der Waals surface area contributed by atoms with Gasteiger partial charge in [-0.25, -0.2) is 4.98 Å². The van der Waals surface area contributed by atoms with Crippen molar-refractivity contribution in [3.63, 3.8) is 0 Å². The molecule has 3 aromatic rings. The van der Waals surface area contributed by atoms with Gasteiger partial charge < -0.3 is 14.2 Å². The number of hydrogen-bond donors (Lipinski definition) is 0. The summed E-state index contributed by atoms with van der Waals surface area (Å²) in [6.07, 6.45) is 4.26. The predicted molar refractivity (Wildman–Crippen MR) is 120 cm³/mol. The first-order chi connectivity index (χ1) is 14.5. The van der Waals surface area contributed by atoms with E-state index in [1.54, 1.807) is 0 Å². The number of nitrogens with zero attached hydrogens (tertiary/aromatic N) is 3. The monoisotopic (exact) mass is 425 g/mol. The van der Waals surface area contributed by atoms with E-state index in [0.717, 1.165) is 54.1 Å². The third kappa shape index (κ3) is 4.46. The van der Waals surface area contributed by atoms with Gasteiger partial charge in [0.1, 0.15) is 12.3 Å². The Morgan fingerprint density at radius 2 is 1.87 bits per heavy atom. The number of rotatable bonds is 5. The Kier molecular flexibility index (Phi) is 6.28. The zero-order valence-corrected chi connectivity index (χ0v) is 18.4. The summed E-state index contributed by atoms with van der Waals surface area (Å²) >= 11 is 6.14. The van der Waals surface area contributed by atoms with Crippen LogP contribution in [0.3, 0.4) is 0 Å². The quantitative estimate of drug-likeness (QED) is 0.539. The number of carbonyl (C=O) groups excluding carboxylic acids is 1. The van der Waals surface area contributed by atoms with Crippen LogP contribution in [0.2, 0.25) is 5.02 Å². The highest BCUT2D eigenvalue weighted by atomic mass is 35.5. The van der Waals surface area contributed by atoms with Crippen molar-refractivity contribution in [1.29, 1.82) is 0 Å². The predicted octanol–water partition coefficient (Wildman–Crippen LogP) is 5.54. The lowest BCUT2D eigenvalue weighted by Crippen LogP contribution is -2.35. The highest BCUT2D eigenvalue weighted by Gasteiger charge is 2.22. The fourth-order valence-electron chi connectivity index (χ4n) is 4.07. The minimum atomic E-state index is -0.310. The van der Waals surface area contributed by atoms with E-state index in [4.69, 9.17) is 21.3 Å².